The first-order chi connectivity index (χ1) is 12.0. The van der Waals surface area contributed by atoms with Crippen molar-refractivity contribution < 1.29 is 19.1 Å². The second-order valence-corrected chi connectivity index (χ2v) is 7.08. The maximum absolute atomic E-state index is 12.3. The molecule has 0 unspecified atom stereocenters. The summed E-state index contributed by atoms with van der Waals surface area (Å²) in [6.45, 7) is 3.32. The molecule has 0 radical (unpaired) electrons. The van der Waals surface area contributed by atoms with Gasteiger partial charge in [0.15, 0.2) is 6.61 Å². The topological polar surface area (TPSA) is 77.4 Å². The SMILES string of the molecule is Cc1cc(C(=O)COC(=O)CNC(=O)c2cccs2)c(C)n1C1CC1. The fourth-order valence-electron chi connectivity index (χ4n) is 2.88. The van der Waals surface area contributed by atoms with Crippen LogP contribution in [0.4, 0.5) is 0 Å². The second kappa shape index (κ2) is 7.23. The van der Waals surface area contributed by atoms with Crippen molar-refractivity contribution in [3.63, 3.8) is 0 Å². The minimum atomic E-state index is -0.630. The van der Waals surface area contributed by atoms with Gasteiger partial charge in [0.1, 0.15) is 6.54 Å². The van der Waals surface area contributed by atoms with Gasteiger partial charge in [-0.2, -0.15) is 0 Å². The quantitative estimate of drug-likeness (QED) is 0.608. The van der Waals surface area contributed by atoms with Crippen LogP contribution >= 0.6 is 11.3 Å². The van der Waals surface area contributed by atoms with E-state index in [1.54, 1.807) is 17.5 Å². The van der Waals surface area contributed by atoms with Gasteiger partial charge in [-0.15, -0.1) is 11.3 Å². The molecule has 25 heavy (non-hydrogen) atoms. The van der Waals surface area contributed by atoms with E-state index < -0.39 is 5.97 Å². The van der Waals surface area contributed by atoms with Gasteiger partial charge >= 0.3 is 5.97 Å². The molecule has 6 nitrogen and oxygen atoms in total. The number of hydrogen-bond acceptors (Lipinski definition) is 5. The van der Waals surface area contributed by atoms with Crippen LogP contribution in [0.1, 0.15) is 50.3 Å². The van der Waals surface area contributed by atoms with Crippen LogP contribution in [0.25, 0.3) is 0 Å². The summed E-state index contributed by atoms with van der Waals surface area (Å²) in [7, 11) is 0. The molecular formula is C18H20N2O4S. The van der Waals surface area contributed by atoms with Crippen LogP contribution in [0.2, 0.25) is 0 Å². The number of nitrogens with one attached hydrogen (secondary N) is 1. The van der Waals surface area contributed by atoms with Crippen molar-refractivity contribution >= 4 is 29.0 Å². The number of ether oxygens (including phenoxy) is 1. The molecule has 1 aliphatic carbocycles. The van der Waals surface area contributed by atoms with E-state index >= 15 is 0 Å². The summed E-state index contributed by atoms with van der Waals surface area (Å²) in [6, 6.07) is 5.78. The minimum absolute atomic E-state index is 0.224. The zero-order valence-corrected chi connectivity index (χ0v) is 15.0. The maximum atomic E-state index is 12.3. The average Bonchev–Trinajstić information content (AvgIpc) is 3.16. The molecule has 0 saturated heterocycles. The highest BCUT2D eigenvalue weighted by Crippen LogP contribution is 2.38. The van der Waals surface area contributed by atoms with Gasteiger partial charge in [-0.1, -0.05) is 6.07 Å². The molecule has 2 heterocycles. The smallest absolute Gasteiger partial charge is 0.325 e. The lowest BCUT2D eigenvalue weighted by Gasteiger charge is -2.08. The summed E-state index contributed by atoms with van der Waals surface area (Å²) < 4.78 is 7.17. The number of amides is 1. The number of nitrogens with zero attached hydrogens (tertiary/aromatic N) is 1. The fourth-order valence-corrected chi connectivity index (χ4v) is 3.52. The van der Waals surface area contributed by atoms with Crippen molar-refractivity contribution in [1.82, 2.24) is 9.88 Å². The van der Waals surface area contributed by atoms with E-state index in [0.717, 1.165) is 24.2 Å². The number of aromatic nitrogens is 1. The fraction of sp³-hybridized carbons (Fsp3) is 0.389. The van der Waals surface area contributed by atoms with Gasteiger partial charge in [0.2, 0.25) is 5.78 Å². The van der Waals surface area contributed by atoms with Crippen molar-refractivity contribution in [2.75, 3.05) is 13.2 Å². The van der Waals surface area contributed by atoms with Crippen molar-refractivity contribution in [3.05, 3.63) is 45.4 Å². The van der Waals surface area contributed by atoms with E-state index in [1.807, 2.05) is 19.9 Å². The van der Waals surface area contributed by atoms with Gasteiger partial charge in [0.05, 0.1) is 4.88 Å². The normalized spacial score (nSPS) is 13.5. The lowest BCUT2D eigenvalue weighted by molar-refractivity contribution is -0.141. The Morgan fingerprint density at radius 1 is 1.32 bits per heavy atom. The second-order valence-electron chi connectivity index (χ2n) is 6.13. The van der Waals surface area contributed by atoms with E-state index in [9.17, 15) is 14.4 Å². The zero-order valence-electron chi connectivity index (χ0n) is 14.2. The standard InChI is InChI=1S/C18H20N2O4S/c1-11-8-14(12(2)20(11)13-5-6-13)15(21)10-24-17(22)9-19-18(23)16-4-3-7-25-16/h3-4,7-8,13H,5-6,9-10H2,1-2H3,(H,19,23). The molecule has 2 aromatic rings. The molecule has 1 N–H and O–H groups in total. The first-order valence-electron chi connectivity index (χ1n) is 8.16. The number of thiophene rings is 1. The third-order valence-electron chi connectivity index (χ3n) is 4.20. The molecule has 0 bridgehead atoms. The van der Waals surface area contributed by atoms with Gasteiger partial charge in [-0.25, -0.2) is 0 Å². The van der Waals surface area contributed by atoms with E-state index in [1.165, 1.54) is 11.3 Å². The van der Waals surface area contributed by atoms with Crippen LogP contribution in [0.3, 0.4) is 0 Å². The number of Topliss-reactive ketones (excluding diaryl/α,β-unsaturated/α-hetero) is 1. The first-order valence-corrected chi connectivity index (χ1v) is 9.04. The Hall–Kier alpha value is -2.41. The molecule has 0 aliphatic heterocycles. The molecule has 0 aromatic carbocycles. The van der Waals surface area contributed by atoms with Gasteiger partial charge in [-0.3, -0.25) is 14.4 Å². The van der Waals surface area contributed by atoms with Crippen molar-refractivity contribution in [1.29, 1.82) is 0 Å². The predicted molar refractivity (Wildman–Crippen MR) is 94.1 cm³/mol. The Kier molecular flexibility index (Phi) is 5.03. The molecule has 0 spiro atoms. The Bertz CT molecular complexity index is 803. The summed E-state index contributed by atoms with van der Waals surface area (Å²) in [5, 5.41) is 4.26. The Morgan fingerprint density at radius 3 is 2.72 bits per heavy atom. The molecule has 1 fully saturated rings. The number of hydrogen-bond donors (Lipinski definition) is 1. The third kappa shape index (κ3) is 3.99. The Morgan fingerprint density at radius 2 is 2.08 bits per heavy atom. The lowest BCUT2D eigenvalue weighted by atomic mass is 10.1. The first kappa shape index (κ1) is 17.4. The average molecular weight is 360 g/mol. The molecule has 0 atom stereocenters. The summed E-state index contributed by atoms with van der Waals surface area (Å²) in [4.78, 5) is 36.3. The molecule has 1 amide bonds. The molecule has 7 heteroatoms. The number of aryl methyl sites for hydroxylation is 1. The van der Waals surface area contributed by atoms with Crippen LogP contribution in [0.15, 0.2) is 23.6 Å². The highest BCUT2D eigenvalue weighted by molar-refractivity contribution is 7.12. The maximum Gasteiger partial charge on any atom is 0.325 e. The predicted octanol–water partition coefficient (Wildman–Crippen LogP) is 2.66. The summed E-state index contributed by atoms with van der Waals surface area (Å²) in [5.74, 6) is -1.18. The number of esters is 1. The van der Waals surface area contributed by atoms with E-state index in [-0.39, 0.29) is 24.8 Å². The largest absolute Gasteiger partial charge is 0.456 e. The van der Waals surface area contributed by atoms with E-state index in [0.29, 0.717) is 16.5 Å². The summed E-state index contributed by atoms with van der Waals surface area (Å²) in [6.07, 6.45) is 2.28. The van der Waals surface area contributed by atoms with Gasteiger partial charge in [0, 0.05) is 23.0 Å². The Balaban J connectivity index is 1.49. The minimum Gasteiger partial charge on any atom is -0.456 e. The highest BCUT2D eigenvalue weighted by atomic mass is 32.1. The summed E-state index contributed by atoms with van der Waals surface area (Å²) >= 11 is 1.29. The van der Waals surface area contributed by atoms with Gasteiger partial charge in [0.25, 0.3) is 5.91 Å². The zero-order chi connectivity index (χ0) is 18.0. The van der Waals surface area contributed by atoms with E-state index in [2.05, 4.69) is 9.88 Å². The third-order valence-corrected chi connectivity index (χ3v) is 5.07. The van der Waals surface area contributed by atoms with Crippen LogP contribution in [-0.2, 0) is 9.53 Å². The lowest BCUT2D eigenvalue weighted by Crippen LogP contribution is -2.31. The number of carbonyl (C=O) groups is 3. The van der Waals surface area contributed by atoms with Gasteiger partial charge < -0.3 is 14.6 Å². The van der Waals surface area contributed by atoms with E-state index in [4.69, 9.17) is 4.74 Å². The van der Waals surface area contributed by atoms with Crippen LogP contribution in [-0.4, -0.2) is 35.4 Å². The number of rotatable bonds is 7. The van der Waals surface area contributed by atoms with Crippen LogP contribution in [0, 0.1) is 13.8 Å². The Labute approximate surface area is 149 Å². The van der Waals surface area contributed by atoms with Crippen molar-refractivity contribution in [3.8, 4) is 0 Å². The molecule has 132 valence electrons. The summed E-state index contributed by atoms with van der Waals surface area (Å²) in [5.41, 5.74) is 2.57. The van der Waals surface area contributed by atoms with Crippen molar-refractivity contribution in [2.24, 2.45) is 0 Å². The number of ketones is 1. The van der Waals surface area contributed by atoms with Crippen molar-refractivity contribution in [2.45, 2.75) is 32.7 Å². The molecule has 3 rings (SSSR count). The van der Waals surface area contributed by atoms with Crippen LogP contribution < -0.4 is 5.32 Å². The molecular weight excluding hydrogens is 340 g/mol. The molecule has 1 saturated carbocycles. The number of carbonyl (C=O) groups excluding carboxylic acids is 3. The highest BCUT2D eigenvalue weighted by Gasteiger charge is 2.28. The van der Waals surface area contributed by atoms with Gasteiger partial charge in [-0.05, 0) is 44.2 Å². The molecule has 1 aliphatic rings. The monoisotopic (exact) mass is 360 g/mol. The molecule has 2 aromatic heterocycles. The van der Waals surface area contributed by atoms with Crippen LogP contribution in [0.5, 0.6) is 0 Å².